The third-order valence-corrected chi connectivity index (χ3v) is 6.63. The van der Waals surface area contributed by atoms with Gasteiger partial charge in [-0.1, -0.05) is 30.3 Å². The van der Waals surface area contributed by atoms with Crippen LogP contribution < -0.4 is 11.1 Å². The van der Waals surface area contributed by atoms with Crippen molar-refractivity contribution in [1.82, 2.24) is 24.6 Å². The summed E-state index contributed by atoms with van der Waals surface area (Å²) in [6, 6.07) is 9.21. The van der Waals surface area contributed by atoms with Gasteiger partial charge in [-0.2, -0.15) is 5.10 Å². The number of aromatic nitrogens is 4. The fraction of sp³-hybridized carbons (Fsp3) is 0.192. The second-order valence-electron chi connectivity index (χ2n) is 8.66. The minimum Gasteiger partial charge on any atom is -0.383 e. The quantitative estimate of drug-likeness (QED) is 0.375. The summed E-state index contributed by atoms with van der Waals surface area (Å²) in [5, 5.41) is 8.31. The van der Waals surface area contributed by atoms with Gasteiger partial charge in [0.15, 0.2) is 11.6 Å². The largest absolute Gasteiger partial charge is 0.383 e. The SMILES string of the molecule is C=CC(=O)N1CCCC(n2nc(-c3ccc(C(=O)Nc4ncccc4F)cc3)c3c(N)ncc(Cl)c32)C1. The lowest BCUT2D eigenvalue weighted by Crippen LogP contribution is -2.40. The number of hydrogen-bond donors (Lipinski definition) is 2. The zero-order chi connectivity index (χ0) is 26.1. The summed E-state index contributed by atoms with van der Waals surface area (Å²) in [7, 11) is 0. The first-order valence-electron chi connectivity index (χ1n) is 11.6. The van der Waals surface area contributed by atoms with Crippen molar-refractivity contribution in [2.75, 3.05) is 24.1 Å². The number of piperidine rings is 1. The standard InChI is InChI=1S/C26H23ClFN7O2/c1-2-20(36)34-12-4-5-17(14-34)35-23-18(27)13-31-24(29)21(23)22(33-35)15-7-9-16(10-8-15)26(37)32-25-19(28)6-3-11-30-25/h2-3,6-11,13,17H,1,4-5,12,14H2,(H2,29,31)(H,30,32,37). The Kier molecular flexibility index (Phi) is 6.58. The molecule has 0 radical (unpaired) electrons. The zero-order valence-corrected chi connectivity index (χ0v) is 20.5. The summed E-state index contributed by atoms with van der Waals surface area (Å²) < 4.78 is 15.7. The number of nitrogens with zero attached hydrogens (tertiary/aromatic N) is 5. The molecule has 1 atom stereocenters. The van der Waals surface area contributed by atoms with Gasteiger partial charge >= 0.3 is 0 Å². The van der Waals surface area contributed by atoms with Crippen LogP contribution in [-0.4, -0.2) is 49.6 Å². The highest BCUT2D eigenvalue weighted by molar-refractivity contribution is 6.35. The maximum Gasteiger partial charge on any atom is 0.256 e. The molecule has 0 saturated carbocycles. The molecule has 1 aliphatic rings. The lowest BCUT2D eigenvalue weighted by atomic mass is 10.0. The van der Waals surface area contributed by atoms with Crippen molar-refractivity contribution < 1.29 is 14.0 Å². The van der Waals surface area contributed by atoms with E-state index in [2.05, 4.69) is 21.9 Å². The topological polar surface area (TPSA) is 119 Å². The van der Waals surface area contributed by atoms with Crippen molar-refractivity contribution in [3.8, 4) is 11.3 Å². The fourth-order valence-electron chi connectivity index (χ4n) is 4.54. The number of halogens is 2. The molecule has 1 fully saturated rings. The zero-order valence-electron chi connectivity index (χ0n) is 19.7. The monoisotopic (exact) mass is 519 g/mol. The first-order chi connectivity index (χ1) is 17.9. The van der Waals surface area contributed by atoms with E-state index < -0.39 is 11.7 Å². The first kappa shape index (κ1) is 24.4. The third-order valence-electron chi connectivity index (χ3n) is 6.35. The van der Waals surface area contributed by atoms with E-state index in [1.54, 1.807) is 29.2 Å². The average Bonchev–Trinajstić information content (AvgIpc) is 3.34. The van der Waals surface area contributed by atoms with Crippen molar-refractivity contribution in [2.45, 2.75) is 18.9 Å². The van der Waals surface area contributed by atoms with E-state index in [9.17, 15) is 14.0 Å². The van der Waals surface area contributed by atoms with E-state index in [0.717, 1.165) is 12.8 Å². The number of anilines is 2. The lowest BCUT2D eigenvalue weighted by Gasteiger charge is -2.32. The lowest BCUT2D eigenvalue weighted by molar-refractivity contribution is -0.127. The number of amides is 2. The summed E-state index contributed by atoms with van der Waals surface area (Å²) in [4.78, 5) is 34.7. The number of nitrogens with two attached hydrogens (primary N) is 1. The molecule has 1 aliphatic heterocycles. The Bertz CT molecular complexity index is 1520. The van der Waals surface area contributed by atoms with E-state index in [-0.39, 0.29) is 23.6 Å². The molecule has 0 spiro atoms. The molecule has 4 heterocycles. The van der Waals surface area contributed by atoms with Crippen molar-refractivity contribution in [3.63, 3.8) is 0 Å². The van der Waals surface area contributed by atoms with Crippen molar-refractivity contribution in [1.29, 1.82) is 0 Å². The van der Waals surface area contributed by atoms with E-state index in [0.29, 0.717) is 45.8 Å². The average molecular weight is 520 g/mol. The van der Waals surface area contributed by atoms with Gasteiger partial charge in [0.1, 0.15) is 11.5 Å². The molecule has 3 N–H and O–H groups in total. The normalized spacial score (nSPS) is 15.5. The maximum absolute atomic E-state index is 13.9. The van der Waals surface area contributed by atoms with Crippen molar-refractivity contribution in [2.24, 2.45) is 0 Å². The van der Waals surface area contributed by atoms with Crippen LogP contribution in [0.4, 0.5) is 16.0 Å². The van der Waals surface area contributed by atoms with Crippen LogP contribution in [0.5, 0.6) is 0 Å². The minimum atomic E-state index is -0.625. The molecule has 37 heavy (non-hydrogen) atoms. The van der Waals surface area contributed by atoms with Gasteiger partial charge in [-0.05, 0) is 43.2 Å². The van der Waals surface area contributed by atoms with Gasteiger partial charge in [0.2, 0.25) is 5.91 Å². The number of carbonyl (C=O) groups excluding carboxylic acids is 2. The fourth-order valence-corrected chi connectivity index (χ4v) is 4.77. The van der Waals surface area contributed by atoms with Gasteiger partial charge in [-0.25, -0.2) is 14.4 Å². The number of likely N-dealkylation sites (tertiary alicyclic amines) is 1. The van der Waals surface area contributed by atoms with Crippen LogP contribution in [0.1, 0.15) is 29.2 Å². The highest BCUT2D eigenvalue weighted by atomic mass is 35.5. The van der Waals surface area contributed by atoms with E-state index in [1.165, 1.54) is 30.6 Å². The van der Waals surface area contributed by atoms with Gasteiger partial charge in [0, 0.05) is 30.4 Å². The number of pyridine rings is 2. The van der Waals surface area contributed by atoms with Crippen molar-refractivity contribution in [3.05, 3.63) is 77.9 Å². The Balaban J connectivity index is 1.50. The third kappa shape index (κ3) is 4.63. The van der Waals surface area contributed by atoms with E-state index in [1.807, 2.05) is 4.68 Å². The minimum absolute atomic E-state index is 0.119. The van der Waals surface area contributed by atoms with E-state index in [4.69, 9.17) is 22.4 Å². The predicted molar refractivity (Wildman–Crippen MR) is 140 cm³/mol. The van der Waals surface area contributed by atoms with Crippen LogP contribution >= 0.6 is 11.6 Å². The molecule has 11 heteroatoms. The molecule has 1 saturated heterocycles. The molecule has 1 unspecified atom stereocenters. The maximum atomic E-state index is 13.9. The number of hydrogen-bond acceptors (Lipinski definition) is 6. The van der Waals surface area contributed by atoms with Gasteiger partial charge in [-0.3, -0.25) is 14.3 Å². The highest BCUT2D eigenvalue weighted by Gasteiger charge is 2.28. The van der Waals surface area contributed by atoms with Gasteiger partial charge < -0.3 is 16.0 Å². The number of carbonyl (C=O) groups is 2. The Morgan fingerprint density at radius 3 is 2.73 bits per heavy atom. The summed E-state index contributed by atoms with van der Waals surface area (Å²) in [6.07, 6.45) is 5.80. The Labute approximate surface area is 216 Å². The van der Waals surface area contributed by atoms with Crippen LogP contribution in [0.3, 0.4) is 0 Å². The van der Waals surface area contributed by atoms with Crippen LogP contribution in [0.15, 0.2) is 61.4 Å². The molecule has 0 bridgehead atoms. The first-order valence-corrected chi connectivity index (χ1v) is 12.0. The van der Waals surface area contributed by atoms with Gasteiger partial charge in [-0.15, -0.1) is 0 Å². The summed E-state index contributed by atoms with van der Waals surface area (Å²) in [5.41, 5.74) is 8.46. The molecular formula is C26H23ClFN7O2. The highest BCUT2D eigenvalue weighted by Crippen LogP contribution is 2.38. The molecular weight excluding hydrogens is 497 g/mol. The summed E-state index contributed by atoms with van der Waals surface area (Å²) in [5.74, 6) is -1.14. The second-order valence-corrected chi connectivity index (χ2v) is 9.07. The Morgan fingerprint density at radius 2 is 2.00 bits per heavy atom. The number of nitrogens with one attached hydrogen (secondary N) is 1. The molecule has 0 aliphatic carbocycles. The molecule has 3 aromatic heterocycles. The van der Waals surface area contributed by atoms with Crippen LogP contribution in [-0.2, 0) is 4.79 Å². The number of nitrogen functional groups attached to an aromatic ring is 1. The van der Waals surface area contributed by atoms with Crippen LogP contribution in [0.25, 0.3) is 22.2 Å². The predicted octanol–water partition coefficient (Wildman–Crippen LogP) is 4.47. The van der Waals surface area contributed by atoms with Crippen LogP contribution in [0, 0.1) is 5.82 Å². The van der Waals surface area contributed by atoms with Crippen LogP contribution in [0.2, 0.25) is 5.02 Å². The molecule has 9 nitrogen and oxygen atoms in total. The van der Waals surface area contributed by atoms with Gasteiger partial charge in [0.25, 0.3) is 5.91 Å². The molecule has 1 aromatic carbocycles. The number of benzene rings is 1. The molecule has 4 aromatic rings. The second kappa shape index (κ2) is 9.98. The molecule has 5 rings (SSSR count). The summed E-state index contributed by atoms with van der Waals surface area (Å²) in [6.45, 7) is 4.70. The molecule has 2 amide bonds. The number of fused-ring (bicyclic) bond motifs is 1. The Morgan fingerprint density at radius 1 is 1.22 bits per heavy atom. The Hall–Kier alpha value is -4.31. The number of rotatable bonds is 5. The van der Waals surface area contributed by atoms with Crippen molar-refractivity contribution >= 4 is 46.0 Å². The van der Waals surface area contributed by atoms with E-state index >= 15 is 0 Å². The van der Waals surface area contributed by atoms with Gasteiger partial charge in [0.05, 0.1) is 28.2 Å². The summed E-state index contributed by atoms with van der Waals surface area (Å²) >= 11 is 6.57. The molecule has 188 valence electrons. The smallest absolute Gasteiger partial charge is 0.256 e.